The molecule has 3 aliphatic rings. The number of rotatable bonds is 4. The monoisotopic (exact) mass is 269 g/mol. The third-order valence-corrected chi connectivity index (χ3v) is 5.71. The highest BCUT2D eigenvalue weighted by Crippen LogP contribution is 2.57. The van der Waals surface area contributed by atoms with Crippen LogP contribution in [0, 0.1) is 23.7 Å². The highest BCUT2D eigenvalue weighted by molar-refractivity contribution is 5.90. The van der Waals surface area contributed by atoms with Gasteiger partial charge in [0, 0.05) is 12.3 Å². The Bertz CT molecular complexity index is 495. The lowest BCUT2D eigenvalue weighted by Gasteiger charge is -2.25. The molecule has 0 aromatic heterocycles. The molecule has 0 aliphatic heterocycles. The Morgan fingerprint density at radius 1 is 1.10 bits per heavy atom. The van der Waals surface area contributed by atoms with Crippen LogP contribution in [0.4, 0.5) is 0 Å². The summed E-state index contributed by atoms with van der Waals surface area (Å²) in [4.78, 5) is 5.61. The molecule has 0 saturated heterocycles. The van der Waals surface area contributed by atoms with Crippen molar-refractivity contribution in [3.8, 4) is 0 Å². The van der Waals surface area contributed by atoms with E-state index in [-0.39, 0.29) is 0 Å². The third kappa shape index (κ3) is 2.15. The minimum absolute atomic E-state index is 0.707. The average molecular weight is 269 g/mol. The number of hydrogen-bond acceptors (Lipinski definition) is 2. The van der Waals surface area contributed by atoms with Gasteiger partial charge >= 0.3 is 0 Å². The minimum atomic E-state index is 0.707. The van der Waals surface area contributed by atoms with E-state index >= 15 is 0 Å². The van der Waals surface area contributed by atoms with Gasteiger partial charge in [-0.1, -0.05) is 41.9 Å². The summed E-state index contributed by atoms with van der Waals surface area (Å²) in [6.45, 7) is 0.707. The third-order valence-electron chi connectivity index (χ3n) is 5.71. The fourth-order valence-corrected chi connectivity index (χ4v) is 4.86. The predicted molar refractivity (Wildman–Crippen MR) is 80.6 cm³/mol. The van der Waals surface area contributed by atoms with Crippen molar-refractivity contribution >= 4 is 5.71 Å². The lowest BCUT2D eigenvalue weighted by molar-refractivity contribution is 0.143. The molecule has 0 amide bonds. The second-order valence-corrected chi connectivity index (χ2v) is 6.72. The number of hydrogen-bond donors (Lipinski definition) is 0. The van der Waals surface area contributed by atoms with E-state index in [1.165, 1.54) is 43.4 Å². The zero-order chi connectivity index (χ0) is 13.4. The summed E-state index contributed by atoms with van der Waals surface area (Å²) >= 11 is 0. The summed E-state index contributed by atoms with van der Waals surface area (Å²) in [6.07, 6.45) is 7.94. The molecule has 0 unspecified atom stereocenters. The summed E-state index contributed by atoms with van der Waals surface area (Å²) in [5.74, 6) is 3.68. The van der Waals surface area contributed by atoms with Crippen molar-refractivity contribution in [3.63, 3.8) is 0 Å². The molecule has 2 heteroatoms. The Morgan fingerprint density at radius 3 is 2.85 bits per heavy atom. The van der Waals surface area contributed by atoms with Gasteiger partial charge in [0.05, 0.1) is 5.71 Å². The molecule has 1 aromatic carbocycles. The zero-order valence-corrected chi connectivity index (χ0v) is 12.0. The topological polar surface area (TPSA) is 21.6 Å². The van der Waals surface area contributed by atoms with E-state index in [0.29, 0.717) is 6.61 Å². The molecular formula is C18H23NO. The molecule has 3 saturated carbocycles. The van der Waals surface area contributed by atoms with Crippen LogP contribution >= 0.6 is 0 Å². The van der Waals surface area contributed by atoms with Gasteiger partial charge in [0.15, 0.2) is 0 Å². The fourth-order valence-electron chi connectivity index (χ4n) is 4.86. The summed E-state index contributed by atoms with van der Waals surface area (Å²) in [5.41, 5.74) is 2.71. The van der Waals surface area contributed by atoms with E-state index in [9.17, 15) is 0 Å². The van der Waals surface area contributed by atoms with E-state index in [0.717, 1.165) is 30.1 Å². The van der Waals surface area contributed by atoms with Crippen LogP contribution in [-0.4, -0.2) is 12.3 Å². The van der Waals surface area contributed by atoms with E-state index in [1.807, 2.05) is 0 Å². The van der Waals surface area contributed by atoms with Crippen molar-refractivity contribution in [1.82, 2.24) is 0 Å². The standard InChI is InChI=1S/C18H23NO/c1-2-5-13(6-3-1)9-10-20-19-18-12-14-11-17(18)16-8-4-7-15(14)16/h1-3,5-6,14-17H,4,7-12H2/b19-18+/t14-,15-,16-,17-/m0/s1. The quantitative estimate of drug-likeness (QED) is 0.596. The Balaban J connectivity index is 1.31. The summed E-state index contributed by atoms with van der Waals surface area (Å²) < 4.78 is 0. The molecule has 3 fully saturated rings. The largest absolute Gasteiger partial charge is 0.395 e. The van der Waals surface area contributed by atoms with Gasteiger partial charge in [0.25, 0.3) is 0 Å². The molecule has 4 rings (SSSR count). The normalized spacial score (nSPS) is 36.5. The smallest absolute Gasteiger partial charge is 0.121 e. The van der Waals surface area contributed by atoms with Crippen molar-refractivity contribution in [2.75, 3.05) is 6.61 Å². The highest BCUT2D eigenvalue weighted by atomic mass is 16.6. The molecule has 2 bridgehead atoms. The second kappa shape index (κ2) is 5.23. The summed E-state index contributed by atoms with van der Waals surface area (Å²) in [6, 6.07) is 10.5. The van der Waals surface area contributed by atoms with Gasteiger partial charge in [0.1, 0.15) is 6.61 Å². The van der Waals surface area contributed by atoms with E-state index in [4.69, 9.17) is 4.84 Å². The molecule has 0 radical (unpaired) electrons. The van der Waals surface area contributed by atoms with Crippen LogP contribution in [0.15, 0.2) is 35.5 Å². The van der Waals surface area contributed by atoms with Crippen molar-refractivity contribution in [2.24, 2.45) is 28.8 Å². The van der Waals surface area contributed by atoms with Gasteiger partial charge in [-0.2, -0.15) is 0 Å². The van der Waals surface area contributed by atoms with Crippen molar-refractivity contribution in [1.29, 1.82) is 0 Å². The van der Waals surface area contributed by atoms with Crippen LogP contribution in [-0.2, 0) is 11.3 Å². The van der Waals surface area contributed by atoms with Crippen LogP contribution in [0.3, 0.4) is 0 Å². The number of fused-ring (bicyclic) bond motifs is 5. The first kappa shape index (κ1) is 12.4. The SMILES string of the molecule is c1ccc(CCO/N=C2\C[C@@H]3C[C@H]2[C@H]2CCC[C@@H]32)cc1. The van der Waals surface area contributed by atoms with Crippen LogP contribution in [0.25, 0.3) is 0 Å². The molecule has 0 heterocycles. The lowest BCUT2D eigenvalue weighted by atomic mass is 9.81. The number of benzene rings is 1. The summed E-state index contributed by atoms with van der Waals surface area (Å²) in [5, 5.41) is 4.50. The fraction of sp³-hybridized carbons (Fsp3) is 0.611. The van der Waals surface area contributed by atoms with Crippen molar-refractivity contribution in [3.05, 3.63) is 35.9 Å². The van der Waals surface area contributed by atoms with Gasteiger partial charge in [-0.25, -0.2) is 0 Å². The number of oxime groups is 1. The van der Waals surface area contributed by atoms with Crippen molar-refractivity contribution < 1.29 is 4.84 Å². The minimum Gasteiger partial charge on any atom is -0.395 e. The molecule has 3 aliphatic carbocycles. The molecule has 20 heavy (non-hydrogen) atoms. The molecule has 0 spiro atoms. The lowest BCUT2D eigenvalue weighted by Crippen LogP contribution is -2.24. The van der Waals surface area contributed by atoms with E-state index in [1.54, 1.807) is 0 Å². The maximum Gasteiger partial charge on any atom is 0.121 e. The van der Waals surface area contributed by atoms with Crippen LogP contribution < -0.4 is 0 Å². The maximum absolute atomic E-state index is 5.61. The molecule has 0 N–H and O–H groups in total. The van der Waals surface area contributed by atoms with Gasteiger partial charge < -0.3 is 4.84 Å². The predicted octanol–water partition coefficient (Wildman–Crippen LogP) is 4.06. The molecule has 1 aromatic rings. The Hall–Kier alpha value is -1.31. The van der Waals surface area contributed by atoms with Gasteiger partial charge in [-0.15, -0.1) is 0 Å². The number of nitrogens with zero attached hydrogens (tertiary/aromatic N) is 1. The van der Waals surface area contributed by atoms with Crippen LogP contribution in [0.1, 0.15) is 37.7 Å². The van der Waals surface area contributed by atoms with Gasteiger partial charge in [0.2, 0.25) is 0 Å². The Labute approximate surface area is 121 Å². The van der Waals surface area contributed by atoms with Gasteiger partial charge in [-0.3, -0.25) is 0 Å². The highest BCUT2D eigenvalue weighted by Gasteiger charge is 2.52. The van der Waals surface area contributed by atoms with E-state index in [2.05, 4.69) is 35.5 Å². The molecule has 2 nitrogen and oxygen atoms in total. The molecular weight excluding hydrogens is 246 g/mol. The van der Waals surface area contributed by atoms with Crippen molar-refractivity contribution in [2.45, 2.75) is 38.5 Å². The first-order valence-electron chi connectivity index (χ1n) is 8.14. The first-order valence-corrected chi connectivity index (χ1v) is 8.14. The second-order valence-electron chi connectivity index (χ2n) is 6.72. The first-order chi connectivity index (χ1) is 9.92. The Kier molecular flexibility index (Phi) is 3.25. The maximum atomic E-state index is 5.61. The molecule has 4 atom stereocenters. The van der Waals surface area contributed by atoms with Gasteiger partial charge in [-0.05, 0) is 49.0 Å². The summed E-state index contributed by atoms with van der Waals surface area (Å²) in [7, 11) is 0. The van der Waals surface area contributed by atoms with E-state index < -0.39 is 0 Å². The molecule has 106 valence electrons. The average Bonchev–Trinajstić information content (AvgIpc) is 3.17. The van der Waals surface area contributed by atoms with Crippen LogP contribution in [0.5, 0.6) is 0 Å². The zero-order valence-electron chi connectivity index (χ0n) is 12.0. The Morgan fingerprint density at radius 2 is 1.95 bits per heavy atom. The van der Waals surface area contributed by atoms with Crippen LogP contribution in [0.2, 0.25) is 0 Å².